The Hall–Kier alpha value is -2.62. The number of anilines is 1. The Morgan fingerprint density at radius 1 is 1.20 bits per heavy atom. The normalized spacial score (nSPS) is 10.7. The number of nitrogens with one attached hydrogen (secondary N) is 1. The Labute approximate surface area is 117 Å². The van der Waals surface area contributed by atoms with E-state index in [1.807, 2.05) is 54.9 Å². The fourth-order valence-corrected chi connectivity index (χ4v) is 2.18. The first-order valence-corrected chi connectivity index (χ1v) is 6.45. The molecule has 2 aromatic heterocycles. The zero-order valence-corrected chi connectivity index (χ0v) is 11.4. The summed E-state index contributed by atoms with van der Waals surface area (Å²) in [7, 11) is 0. The van der Waals surface area contributed by atoms with Gasteiger partial charge in [0.1, 0.15) is 5.65 Å². The molecule has 0 aliphatic heterocycles. The molecule has 3 rings (SSSR count). The fourth-order valence-electron chi connectivity index (χ4n) is 2.18. The molecule has 4 heteroatoms. The third kappa shape index (κ3) is 2.40. The van der Waals surface area contributed by atoms with E-state index in [0.717, 1.165) is 22.6 Å². The van der Waals surface area contributed by atoms with Gasteiger partial charge in [0.25, 0.3) is 5.91 Å². The molecule has 20 heavy (non-hydrogen) atoms. The number of aryl methyl sites for hydroxylation is 2. The van der Waals surface area contributed by atoms with Crippen molar-refractivity contribution >= 4 is 17.2 Å². The summed E-state index contributed by atoms with van der Waals surface area (Å²) in [4.78, 5) is 16.6. The molecule has 0 unspecified atom stereocenters. The molecule has 0 saturated carbocycles. The van der Waals surface area contributed by atoms with Gasteiger partial charge in [-0.05, 0) is 43.7 Å². The SMILES string of the molecule is Cc1cccc(NC(=O)c2ccn3cc(C)nc3c2)c1. The van der Waals surface area contributed by atoms with Crippen LogP contribution >= 0.6 is 0 Å². The zero-order valence-electron chi connectivity index (χ0n) is 11.4. The highest BCUT2D eigenvalue weighted by atomic mass is 16.1. The van der Waals surface area contributed by atoms with Crippen LogP contribution in [-0.2, 0) is 0 Å². The van der Waals surface area contributed by atoms with Crippen LogP contribution in [0.15, 0.2) is 48.8 Å². The van der Waals surface area contributed by atoms with E-state index in [4.69, 9.17) is 0 Å². The lowest BCUT2D eigenvalue weighted by atomic mass is 10.2. The summed E-state index contributed by atoms with van der Waals surface area (Å²) < 4.78 is 1.90. The van der Waals surface area contributed by atoms with Crippen LogP contribution in [0.3, 0.4) is 0 Å². The van der Waals surface area contributed by atoms with Crippen LogP contribution in [0.2, 0.25) is 0 Å². The summed E-state index contributed by atoms with van der Waals surface area (Å²) >= 11 is 0. The van der Waals surface area contributed by atoms with Gasteiger partial charge < -0.3 is 9.72 Å². The summed E-state index contributed by atoms with van der Waals surface area (Å²) in [6, 6.07) is 11.3. The molecule has 0 spiro atoms. The van der Waals surface area contributed by atoms with E-state index in [2.05, 4.69) is 10.3 Å². The Morgan fingerprint density at radius 2 is 2.05 bits per heavy atom. The van der Waals surface area contributed by atoms with Crippen LogP contribution < -0.4 is 5.32 Å². The Kier molecular flexibility index (Phi) is 2.99. The van der Waals surface area contributed by atoms with Crippen molar-refractivity contribution in [2.75, 3.05) is 5.32 Å². The van der Waals surface area contributed by atoms with Crippen LogP contribution in [0, 0.1) is 13.8 Å². The average molecular weight is 265 g/mol. The lowest BCUT2D eigenvalue weighted by Crippen LogP contribution is -2.12. The van der Waals surface area contributed by atoms with E-state index in [0.29, 0.717) is 5.56 Å². The summed E-state index contributed by atoms with van der Waals surface area (Å²) in [5.41, 5.74) is 4.22. The van der Waals surface area contributed by atoms with Crippen molar-refractivity contribution in [1.82, 2.24) is 9.38 Å². The van der Waals surface area contributed by atoms with Crippen LogP contribution in [0.5, 0.6) is 0 Å². The smallest absolute Gasteiger partial charge is 0.255 e. The molecule has 0 aliphatic rings. The van der Waals surface area contributed by atoms with E-state index in [9.17, 15) is 4.79 Å². The standard InChI is InChI=1S/C16H15N3O/c1-11-4-3-5-14(8-11)18-16(20)13-6-7-19-10-12(2)17-15(19)9-13/h3-10H,1-2H3,(H,18,20). The molecule has 1 aromatic carbocycles. The van der Waals surface area contributed by atoms with E-state index in [1.165, 1.54) is 0 Å². The van der Waals surface area contributed by atoms with Crippen molar-refractivity contribution in [1.29, 1.82) is 0 Å². The van der Waals surface area contributed by atoms with Gasteiger partial charge in [-0.3, -0.25) is 4.79 Å². The molecule has 1 amide bonds. The second-order valence-electron chi connectivity index (χ2n) is 4.89. The predicted octanol–water partition coefficient (Wildman–Crippen LogP) is 3.20. The first-order valence-electron chi connectivity index (χ1n) is 6.45. The highest BCUT2D eigenvalue weighted by Gasteiger charge is 2.08. The number of rotatable bonds is 2. The molecule has 0 radical (unpaired) electrons. The molecule has 0 fully saturated rings. The Morgan fingerprint density at radius 3 is 2.85 bits per heavy atom. The van der Waals surface area contributed by atoms with Gasteiger partial charge in [-0.15, -0.1) is 0 Å². The number of amides is 1. The van der Waals surface area contributed by atoms with Crippen molar-refractivity contribution in [3.63, 3.8) is 0 Å². The number of benzene rings is 1. The van der Waals surface area contributed by atoms with Crippen molar-refractivity contribution in [3.05, 3.63) is 65.6 Å². The quantitative estimate of drug-likeness (QED) is 0.773. The third-order valence-electron chi connectivity index (χ3n) is 3.12. The first-order chi connectivity index (χ1) is 9.61. The van der Waals surface area contributed by atoms with Gasteiger partial charge in [0, 0.05) is 23.6 Å². The minimum atomic E-state index is -0.126. The maximum absolute atomic E-state index is 12.2. The van der Waals surface area contributed by atoms with Gasteiger partial charge in [-0.1, -0.05) is 12.1 Å². The molecule has 1 N–H and O–H groups in total. The minimum absolute atomic E-state index is 0.126. The van der Waals surface area contributed by atoms with E-state index in [1.54, 1.807) is 12.1 Å². The fraction of sp³-hybridized carbons (Fsp3) is 0.125. The van der Waals surface area contributed by atoms with Crippen molar-refractivity contribution in [3.8, 4) is 0 Å². The number of pyridine rings is 1. The second-order valence-corrected chi connectivity index (χ2v) is 4.89. The number of carbonyl (C=O) groups excluding carboxylic acids is 1. The maximum Gasteiger partial charge on any atom is 0.255 e. The zero-order chi connectivity index (χ0) is 14.1. The monoisotopic (exact) mass is 265 g/mol. The van der Waals surface area contributed by atoms with Crippen molar-refractivity contribution < 1.29 is 4.79 Å². The van der Waals surface area contributed by atoms with E-state index < -0.39 is 0 Å². The lowest BCUT2D eigenvalue weighted by molar-refractivity contribution is 0.102. The van der Waals surface area contributed by atoms with Crippen molar-refractivity contribution in [2.24, 2.45) is 0 Å². The number of nitrogens with zero attached hydrogens (tertiary/aromatic N) is 2. The van der Waals surface area contributed by atoms with Gasteiger partial charge >= 0.3 is 0 Å². The second kappa shape index (κ2) is 4.81. The summed E-state index contributed by atoms with van der Waals surface area (Å²) in [5, 5.41) is 2.89. The molecule has 2 heterocycles. The van der Waals surface area contributed by atoms with E-state index in [-0.39, 0.29) is 5.91 Å². The predicted molar refractivity (Wildman–Crippen MR) is 79.1 cm³/mol. The number of hydrogen-bond donors (Lipinski definition) is 1. The maximum atomic E-state index is 12.2. The van der Waals surface area contributed by atoms with Gasteiger partial charge in [-0.25, -0.2) is 4.98 Å². The molecule has 100 valence electrons. The molecule has 0 saturated heterocycles. The molecule has 3 aromatic rings. The van der Waals surface area contributed by atoms with E-state index >= 15 is 0 Å². The third-order valence-corrected chi connectivity index (χ3v) is 3.12. The number of fused-ring (bicyclic) bond motifs is 1. The van der Waals surface area contributed by atoms with Gasteiger partial charge in [0.2, 0.25) is 0 Å². The lowest BCUT2D eigenvalue weighted by Gasteiger charge is -2.06. The van der Waals surface area contributed by atoms with Crippen LogP contribution in [0.4, 0.5) is 5.69 Å². The molecule has 0 aliphatic carbocycles. The Balaban J connectivity index is 1.88. The minimum Gasteiger partial charge on any atom is -0.322 e. The number of carbonyl (C=O) groups is 1. The molecule has 0 atom stereocenters. The summed E-state index contributed by atoms with van der Waals surface area (Å²) in [6.07, 6.45) is 3.78. The van der Waals surface area contributed by atoms with Crippen molar-refractivity contribution in [2.45, 2.75) is 13.8 Å². The highest BCUT2D eigenvalue weighted by Crippen LogP contribution is 2.13. The van der Waals surface area contributed by atoms with Crippen LogP contribution in [0.1, 0.15) is 21.6 Å². The molecular formula is C16H15N3O. The number of imidazole rings is 1. The van der Waals surface area contributed by atoms with Crippen LogP contribution in [-0.4, -0.2) is 15.3 Å². The molecule has 4 nitrogen and oxygen atoms in total. The van der Waals surface area contributed by atoms with Gasteiger partial charge in [-0.2, -0.15) is 0 Å². The molecule has 0 bridgehead atoms. The highest BCUT2D eigenvalue weighted by molar-refractivity contribution is 6.04. The first kappa shape index (κ1) is 12.4. The topological polar surface area (TPSA) is 46.4 Å². The van der Waals surface area contributed by atoms with Gasteiger partial charge in [0.15, 0.2) is 0 Å². The largest absolute Gasteiger partial charge is 0.322 e. The molecular weight excluding hydrogens is 250 g/mol. The number of aromatic nitrogens is 2. The number of hydrogen-bond acceptors (Lipinski definition) is 2. The summed E-state index contributed by atoms with van der Waals surface area (Å²) in [5.74, 6) is -0.126. The van der Waals surface area contributed by atoms with Gasteiger partial charge in [0.05, 0.1) is 5.69 Å². The van der Waals surface area contributed by atoms with Crippen LogP contribution in [0.25, 0.3) is 5.65 Å². The average Bonchev–Trinajstić information content (AvgIpc) is 2.77. The Bertz CT molecular complexity index is 789. The summed E-state index contributed by atoms with van der Waals surface area (Å²) in [6.45, 7) is 3.93.